The molecule has 1 unspecified atom stereocenters. The number of hydrogen-bond donors (Lipinski definition) is 1. The van der Waals surface area contributed by atoms with Gasteiger partial charge in [-0.05, 0) is 24.6 Å². The first-order valence-corrected chi connectivity index (χ1v) is 5.40. The summed E-state index contributed by atoms with van der Waals surface area (Å²) in [6.45, 7) is 0. The Morgan fingerprint density at radius 2 is 2.29 bits per heavy atom. The van der Waals surface area contributed by atoms with E-state index in [2.05, 4.69) is 5.32 Å². The molecule has 0 bridgehead atoms. The summed E-state index contributed by atoms with van der Waals surface area (Å²) in [5.41, 5.74) is 0.405. The summed E-state index contributed by atoms with van der Waals surface area (Å²) in [6, 6.07) is 5.23. The highest BCUT2D eigenvalue weighted by atomic mass is 19.1. The quantitative estimate of drug-likeness (QED) is 0.843. The molecule has 0 aliphatic carbocycles. The molecule has 1 fully saturated rings. The minimum absolute atomic E-state index is 0.0376. The molecule has 1 saturated heterocycles. The van der Waals surface area contributed by atoms with Crippen molar-refractivity contribution in [2.45, 2.75) is 18.9 Å². The number of hydrogen-bond acceptors (Lipinski definition) is 2. The van der Waals surface area contributed by atoms with Crippen molar-refractivity contribution in [2.75, 3.05) is 12.4 Å². The molecule has 1 N–H and O–H groups in total. The minimum atomic E-state index is -0.453. The number of anilines is 1. The lowest BCUT2D eigenvalue weighted by molar-refractivity contribution is -0.131. The fourth-order valence-electron chi connectivity index (χ4n) is 1.90. The number of amides is 2. The Balaban J connectivity index is 2.05. The van der Waals surface area contributed by atoms with Gasteiger partial charge >= 0.3 is 0 Å². The van der Waals surface area contributed by atoms with Crippen molar-refractivity contribution in [1.82, 2.24) is 4.90 Å². The molecular formula is C12H13FN2O2. The Labute approximate surface area is 98.4 Å². The molecule has 90 valence electrons. The van der Waals surface area contributed by atoms with E-state index in [1.807, 2.05) is 0 Å². The summed E-state index contributed by atoms with van der Waals surface area (Å²) in [7, 11) is 1.60. The summed E-state index contributed by atoms with van der Waals surface area (Å²) >= 11 is 0. The number of likely N-dealkylation sites (tertiary alicyclic amines) is 1. The highest BCUT2D eigenvalue weighted by Gasteiger charge is 2.33. The average molecular weight is 236 g/mol. The first kappa shape index (κ1) is 11.6. The van der Waals surface area contributed by atoms with E-state index in [0.717, 1.165) is 0 Å². The van der Waals surface area contributed by atoms with Gasteiger partial charge in [-0.2, -0.15) is 0 Å². The lowest BCUT2D eigenvalue weighted by Crippen LogP contribution is -2.38. The van der Waals surface area contributed by atoms with Gasteiger partial charge in [0.05, 0.1) is 0 Å². The Morgan fingerprint density at radius 1 is 1.53 bits per heavy atom. The molecule has 0 spiro atoms. The van der Waals surface area contributed by atoms with Crippen LogP contribution in [0.25, 0.3) is 0 Å². The Bertz CT molecular complexity index is 462. The zero-order valence-electron chi connectivity index (χ0n) is 9.44. The number of nitrogens with zero attached hydrogens (tertiary/aromatic N) is 1. The van der Waals surface area contributed by atoms with Crippen LogP contribution in [0.3, 0.4) is 0 Å². The molecule has 1 atom stereocenters. The van der Waals surface area contributed by atoms with E-state index in [1.165, 1.54) is 23.1 Å². The van der Waals surface area contributed by atoms with E-state index in [1.54, 1.807) is 13.1 Å². The molecule has 1 aromatic carbocycles. The summed E-state index contributed by atoms with van der Waals surface area (Å²) in [5.74, 6) is -0.716. The van der Waals surface area contributed by atoms with Gasteiger partial charge in [-0.1, -0.05) is 6.07 Å². The number of carbonyl (C=O) groups excluding carboxylic acids is 2. The van der Waals surface area contributed by atoms with Crippen molar-refractivity contribution in [2.24, 2.45) is 0 Å². The highest BCUT2D eigenvalue weighted by Crippen LogP contribution is 2.18. The van der Waals surface area contributed by atoms with Crippen LogP contribution in [-0.2, 0) is 9.59 Å². The maximum Gasteiger partial charge on any atom is 0.247 e. The number of nitrogens with one attached hydrogen (secondary N) is 1. The van der Waals surface area contributed by atoms with Crippen molar-refractivity contribution >= 4 is 17.5 Å². The topological polar surface area (TPSA) is 49.4 Å². The number of halogens is 1. The van der Waals surface area contributed by atoms with Crippen LogP contribution >= 0.6 is 0 Å². The third-order valence-corrected chi connectivity index (χ3v) is 2.89. The van der Waals surface area contributed by atoms with Gasteiger partial charge in [-0.25, -0.2) is 4.39 Å². The molecule has 1 aromatic rings. The molecule has 17 heavy (non-hydrogen) atoms. The maximum atomic E-state index is 12.9. The molecule has 0 radical (unpaired) electrons. The van der Waals surface area contributed by atoms with E-state index < -0.39 is 11.9 Å². The zero-order chi connectivity index (χ0) is 12.4. The summed E-state index contributed by atoms with van der Waals surface area (Å²) in [6.07, 6.45) is 0.897. The van der Waals surface area contributed by atoms with Crippen molar-refractivity contribution in [3.63, 3.8) is 0 Å². The second kappa shape index (κ2) is 4.53. The maximum absolute atomic E-state index is 12.9. The van der Waals surface area contributed by atoms with Gasteiger partial charge in [0.1, 0.15) is 11.9 Å². The molecule has 2 rings (SSSR count). The van der Waals surface area contributed by atoms with Crippen LogP contribution in [0.5, 0.6) is 0 Å². The van der Waals surface area contributed by atoms with Gasteiger partial charge < -0.3 is 10.2 Å². The molecule has 1 aliphatic rings. The van der Waals surface area contributed by atoms with Gasteiger partial charge in [0, 0.05) is 19.2 Å². The number of benzene rings is 1. The molecular weight excluding hydrogens is 223 g/mol. The van der Waals surface area contributed by atoms with Crippen LogP contribution in [0.2, 0.25) is 0 Å². The third-order valence-electron chi connectivity index (χ3n) is 2.89. The van der Waals surface area contributed by atoms with Crippen LogP contribution in [-0.4, -0.2) is 29.8 Å². The standard InChI is InChI=1S/C12H13FN2O2/c1-15-10(5-6-11(15)16)12(17)14-9-4-2-3-8(13)7-9/h2-4,7,10H,5-6H2,1H3,(H,14,17). The van der Waals surface area contributed by atoms with Crippen LogP contribution in [0.4, 0.5) is 10.1 Å². The largest absolute Gasteiger partial charge is 0.334 e. The van der Waals surface area contributed by atoms with E-state index >= 15 is 0 Å². The second-order valence-electron chi connectivity index (χ2n) is 4.06. The fraction of sp³-hybridized carbons (Fsp3) is 0.333. The summed E-state index contributed by atoms with van der Waals surface area (Å²) in [4.78, 5) is 24.6. The van der Waals surface area contributed by atoms with Gasteiger partial charge in [0.15, 0.2) is 0 Å². The summed E-state index contributed by atoms with van der Waals surface area (Å²) in [5, 5.41) is 2.60. The van der Waals surface area contributed by atoms with Gasteiger partial charge in [-0.15, -0.1) is 0 Å². The monoisotopic (exact) mass is 236 g/mol. The van der Waals surface area contributed by atoms with Crippen molar-refractivity contribution in [3.8, 4) is 0 Å². The van der Waals surface area contributed by atoms with Gasteiger partial charge in [-0.3, -0.25) is 9.59 Å². The molecule has 1 aliphatic heterocycles. The van der Waals surface area contributed by atoms with E-state index in [9.17, 15) is 14.0 Å². The lowest BCUT2D eigenvalue weighted by atomic mass is 10.2. The molecule has 1 heterocycles. The van der Waals surface area contributed by atoms with Crippen LogP contribution in [0, 0.1) is 5.82 Å². The average Bonchev–Trinajstić information content (AvgIpc) is 2.60. The predicted molar refractivity (Wildman–Crippen MR) is 60.8 cm³/mol. The normalized spacial score (nSPS) is 19.5. The Morgan fingerprint density at radius 3 is 2.88 bits per heavy atom. The molecule has 5 heteroatoms. The van der Waals surface area contributed by atoms with Crippen molar-refractivity contribution in [3.05, 3.63) is 30.1 Å². The molecule has 0 saturated carbocycles. The first-order valence-electron chi connectivity index (χ1n) is 5.40. The van der Waals surface area contributed by atoms with Crippen molar-refractivity contribution < 1.29 is 14.0 Å². The number of likely N-dealkylation sites (N-methyl/N-ethyl adjacent to an activating group) is 1. The highest BCUT2D eigenvalue weighted by molar-refractivity contribution is 5.98. The van der Waals surface area contributed by atoms with Gasteiger partial charge in [0.2, 0.25) is 11.8 Å². The lowest BCUT2D eigenvalue weighted by Gasteiger charge is -2.19. The van der Waals surface area contributed by atoms with Crippen molar-refractivity contribution in [1.29, 1.82) is 0 Å². The number of carbonyl (C=O) groups is 2. The van der Waals surface area contributed by atoms with Gasteiger partial charge in [0.25, 0.3) is 0 Å². The number of rotatable bonds is 2. The Kier molecular flexibility index (Phi) is 3.08. The van der Waals surface area contributed by atoms with E-state index in [4.69, 9.17) is 0 Å². The first-order chi connectivity index (χ1) is 8.08. The fourth-order valence-corrected chi connectivity index (χ4v) is 1.90. The Hall–Kier alpha value is -1.91. The smallest absolute Gasteiger partial charge is 0.247 e. The molecule has 4 nitrogen and oxygen atoms in total. The molecule has 0 aromatic heterocycles. The second-order valence-corrected chi connectivity index (χ2v) is 4.06. The molecule has 2 amide bonds. The minimum Gasteiger partial charge on any atom is -0.334 e. The predicted octanol–water partition coefficient (Wildman–Crippen LogP) is 1.38. The van der Waals surface area contributed by atoms with Crippen LogP contribution in [0.15, 0.2) is 24.3 Å². The zero-order valence-corrected chi connectivity index (χ0v) is 9.44. The SMILES string of the molecule is CN1C(=O)CCC1C(=O)Nc1cccc(F)c1. The summed E-state index contributed by atoms with van der Waals surface area (Å²) < 4.78 is 12.9. The van der Waals surface area contributed by atoms with E-state index in [-0.39, 0.29) is 11.8 Å². The van der Waals surface area contributed by atoms with Crippen LogP contribution in [0.1, 0.15) is 12.8 Å². The third kappa shape index (κ3) is 2.43. The van der Waals surface area contributed by atoms with Crippen LogP contribution < -0.4 is 5.32 Å². The van der Waals surface area contributed by atoms with E-state index in [0.29, 0.717) is 18.5 Å².